The SMILES string of the molecule is CN(C(C)(C)CCl)S(=O)(=O)C1CCS(=O)(=O)CC1. The summed E-state index contributed by atoms with van der Waals surface area (Å²) in [4.78, 5) is 0. The molecule has 1 rings (SSSR count). The number of hydrogen-bond donors (Lipinski definition) is 0. The molecule has 1 aliphatic rings. The molecule has 1 fully saturated rings. The molecule has 0 aromatic carbocycles. The molecule has 0 N–H and O–H groups in total. The maximum Gasteiger partial charge on any atom is 0.217 e. The van der Waals surface area contributed by atoms with Crippen LogP contribution in [0.2, 0.25) is 0 Å². The van der Waals surface area contributed by atoms with Gasteiger partial charge in [-0.1, -0.05) is 0 Å². The third-order valence-corrected chi connectivity index (χ3v) is 8.43. The minimum atomic E-state index is -3.50. The lowest BCUT2D eigenvalue weighted by molar-refractivity contribution is 0.291. The Labute approximate surface area is 114 Å². The second-order valence-electron chi connectivity index (χ2n) is 5.31. The fraction of sp³-hybridized carbons (Fsp3) is 1.00. The first-order valence-electron chi connectivity index (χ1n) is 5.77. The van der Waals surface area contributed by atoms with E-state index < -0.39 is 30.6 Å². The molecular weight excluding hydrogens is 298 g/mol. The van der Waals surface area contributed by atoms with E-state index in [1.165, 1.54) is 11.4 Å². The Hall–Kier alpha value is 0.150. The van der Waals surface area contributed by atoms with Gasteiger partial charge >= 0.3 is 0 Å². The minimum Gasteiger partial charge on any atom is -0.229 e. The van der Waals surface area contributed by atoms with Crippen LogP contribution < -0.4 is 0 Å². The van der Waals surface area contributed by atoms with Crippen molar-refractivity contribution in [1.29, 1.82) is 0 Å². The first-order valence-corrected chi connectivity index (χ1v) is 9.63. The number of nitrogens with zero attached hydrogens (tertiary/aromatic N) is 1. The van der Waals surface area contributed by atoms with Gasteiger partial charge in [0.1, 0.15) is 9.84 Å². The van der Waals surface area contributed by atoms with Crippen molar-refractivity contribution in [2.45, 2.75) is 37.5 Å². The molecule has 108 valence electrons. The van der Waals surface area contributed by atoms with E-state index in [1.54, 1.807) is 13.8 Å². The van der Waals surface area contributed by atoms with Crippen molar-refractivity contribution < 1.29 is 16.8 Å². The van der Waals surface area contributed by atoms with E-state index in [0.29, 0.717) is 0 Å². The van der Waals surface area contributed by atoms with Gasteiger partial charge in [0.2, 0.25) is 10.0 Å². The van der Waals surface area contributed by atoms with Gasteiger partial charge < -0.3 is 0 Å². The maximum absolute atomic E-state index is 12.4. The Morgan fingerprint density at radius 2 is 1.72 bits per heavy atom. The van der Waals surface area contributed by atoms with Gasteiger partial charge in [-0.25, -0.2) is 16.8 Å². The fourth-order valence-corrected chi connectivity index (χ4v) is 5.89. The Morgan fingerprint density at radius 3 is 2.11 bits per heavy atom. The molecule has 0 radical (unpaired) electrons. The minimum absolute atomic E-state index is 0.0496. The van der Waals surface area contributed by atoms with E-state index in [0.717, 1.165) is 0 Å². The Kier molecular flexibility index (Phi) is 4.74. The highest BCUT2D eigenvalue weighted by atomic mass is 35.5. The van der Waals surface area contributed by atoms with Crippen LogP contribution in [0.15, 0.2) is 0 Å². The van der Waals surface area contributed by atoms with Crippen LogP contribution in [-0.2, 0) is 19.9 Å². The summed E-state index contributed by atoms with van der Waals surface area (Å²) in [7, 11) is -5.05. The van der Waals surface area contributed by atoms with Crippen LogP contribution in [0.25, 0.3) is 0 Å². The predicted octanol–water partition coefficient (Wildman–Crippen LogP) is 0.843. The molecule has 0 spiro atoms. The smallest absolute Gasteiger partial charge is 0.217 e. The highest BCUT2D eigenvalue weighted by Gasteiger charge is 2.40. The summed E-state index contributed by atoms with van der Waals surface area (Å²) < 4.78 is 48.7. The summed E-state index contributed by atoms with van der Waals surface area (Å²) in [5, 5.41) is -0.617. The largest absolute Gasteiger partial charge is 0.229 e. The standard InChI is InChI=1S/C10H20ClNO4S2/c1-10(2,8-11)12(3)18(15,16)9-4-6-17(13,14)7-5-9/h9H,4-8H2,1-3H3. The van der Waals surface area contributed by atoms with Gasteiger partial charge in [0.25, 0.3) is 0 Å². The predicted molar refractivity (Wildman–Crippen MR) is 73.2 cm³/mol. The Morgan fingerprint density at radius 1 is 1.28 bits per heavy atom. The monoisotopic (exact) mass is 317 g/mol. The molecule has 0 amide bonds. The number of sulfonamides is 1. The molecule has 0 aromatic rings. The molecule has 0 aliphatic carbocycles. The van der Waals surface area contributed by atoms with E-state index in [9.17, 15) is 16.8 Å². The van der Waals surface area contributed by atoms with E-state index >= 15 is 0 Å². The van der Waals surface area contributed by atoms with Crippen LogP contribution in [0.4, 0.5) is 0 Å². The molecule has 8 heteroatoms. The number of rotatable bonds is 4. The van der Waals surface area contributed by atoms with Gasteiger partial charge in [0.15, 0.2) is 0 Å². The van der Waals surface area contributed by atoms with Crippen molar-refractivity contribution in [1.82, 2.24) is 4.31 Å². The zero-order chi connectivity index (χ0) is 14.2. The van der Waals surface area contributed by atoms with Crippen LogP contribution in [0.1, 0.15) is 26.7 Å². The molecule has 0 bridgehead atoms. The lowest BCUT2D eigenvalue weighted by atomic mass is 10.1. The van der Waals surface area contributed by atoms with Crippen LogP contribution in [0.5, 0.6) is 0 Å². The summed E-state index contributed by atoms with van der Waals surface area (Å²) in [5.41, 5.74) is -0.670. The van der Waals surface area contributed by atoms with Crippen molar-refractivity contribution in [3.8, 4) is 0 Å². The molecule has 5 nitrogen and oxygen atoms in total. The first-order chi connectivity index (χ1) is 8.03. The lowest BCUT2D eigenvalue weighted by Gasteiger charge is -2.36. The van der Waals surface area contributed by atoms with E-state index in [2.05, 4.69) is 0 Å². The van der Waals surface area contributed by atoms with E-state index in [1.807, 2.05) is 0 Å². The van der Waals surface area contributed by atoms with E-state index in [4.69, 9.17) is 11.6 Å². The quantitative estimate of drug-likeness (QED) is 0.720. The van der Waals surface area contributed by atoms with Crippen molar-refractivity contribution in [3.05, 3.63) is 0 Å². The third kappa shape index (κ3) is 3.37. The van der Waals surface area contributed by atoms with Crippen LogP contribution in [0.3, 0.4) is 0 Å². The summed E-state index contributed by atoms with van der Waals surface area (Å²) >= 11 is 5.78. The third-order valence-electron chi connectivity index (χ3n) is 3.48. The molecule has 0 aromatic heterocycles. The molecule has 0 unspecified atom stereocenters. The van der Waals surface area contributed by atoms with Crippen molar-refractivity contribution in [3.63, 3.8) is 0 Å². The van der Waals surface area contributed by atoms with Gasteiger partial charge in [-0.15, -0.1) is 11.6 Å². The molecule has 1 saturated heterocycles. The number of hydrogen-bond acceptors (Lipinski definition) is 4. The summed E-state index contributed by atoms with van der Waals surface area (Å²) in [5.74, 6) is 0.0891. The fourth-order valence-electron chi connectivity index (χ4n) is 1.82. The average Bonchev–Trinajstić information content (AvgIpc) is 2.27. The topological polar surface area (TPSA) is 71.5 Å². The highest BCUT2D eigenvalue weighted by Crippen LogP contribution is 2.26. The van der Waals surface area contributed by atoms with Gasteiger partial charge in [-0.2, -0.15) is 4.31 Å². The van der Waals surface area contributed by atoms with Gasteiger partial charge in [0.05, 0.1) is 16.8 Å². The second kappa shape index (κ2) is 5.26. The molecule has 0 saturated carbocycles. The Balaban J connectivity index is 2.89. The first kappa shape index (κ1) is 16.2. The zero-order valence-corrected chi connectivity index (χ0v) is 13.3. The summed E-state index contributed by atoms with van der Waals surface area (Å²) in [6.45, 7) is 3.49. The van der Waals surface area contributed by atoms with Gasteiger partial charge in [0, 0.05) is 18.5 Å². The molecule has 18 heavy (non-hydrogen) atoms. The molecule has 1 aliphatic heterocycles. The van der Waals surface area contributed by atoms with Crippen LogP contribution in [-0.4, -0.2) is 56.4 Å². The second-order valence-corrected chi connectivity index (χ2v) is 10.1. The number of halogens is 1. The normalized spacial score (nSPS) is 22.3. The number of alkyl halides is 1. The lowest BCUT2D eigenvalue weighted by Crippen LogP contribution is -2.51. The number of sulfone groups is 1. The summed E-state index contributed by atoms with van der Waals surface area (Å²) in [6.07, 6.45) is 0.348. The average molecular weight is 318 g/mol. The van der Waals surface area contributed by atoms with E-state index in [-0.39, 0.29) is 30.2 Å². The van der Waals surface area contributed by atoms with Crippen molar-refractivity contribution >= 4 is 31.5 Å². The molecule has 0 atom stereocenters. The van der Waals surface area contributed by atoms with Gasteiger partial charge in [-0.05, 0) is 26.7 Å². The highest BCUT2D eigenvalue weighted by molar-refractivity contribution is 7.92. The summed E-state index contributed by atoms with van der Waals surface area (Å²) in [6, 6.07) is 0. The van der Waals surface area contributed by atoms with Crippen molar-refractivity contribution in [2.24, 2.45) is 0 Å². The maximum atomic E-state index is 12.4. The van der Waals surface area contributed by atoms with Crippen LogP contribution in [0, 0.1) is 0 Å². The molecule has 1 heterocycles. The molecular formula is C10H20ClNO4S2. The van der Waals surface area contributed by atoms with Crippen LogP contribution >= 0.6 is 11.6 Å². The van der Waals surface area contributed by atoms with Gasteiger partial charge in [-0.3, -0.25) is 0 Å². The van der Waals surface area contributed by atoms with Crippen molar-refractivity contribution in [2.75, 3.05) is 24.4 Å². The zero-order valence-electron chi connectivity index (χ0n) is 10.9. The Bertz CT molecular complexity index is 484.